The van der Waals surface area contributed by atoms with Gasteiger partial charge in [0, 0.05) is 5.92 Å². The van der Waals surface area contributed by atoms with Gasteiger partial charge in [0.15, 0.2) is 0 Å². The van der Waals surface area contributed by atoms with E-state index in [0.717, 1.165) is 24.3 Å². The van der Waals surface area contributed by atoms with E-state index in [1.807, 2.05) is 6.92 Å². The minimum absolute atomic E-state index is 0.0432. The molecule has 0 radical (unpaired) electrons. The maximum Gasteiger partial charge on any atom is 0.416 e. The van der Waals surface area contributed by atoms with Crippen molar-refractivity contribution < 1.29 is 31.4 Å². The lowest BCUT2D eigenvalue weighted by molar-refractivity contribution is -0.138. The summed E-state index contributed by atoms with van der Waals surface area (Å²) in [5, 5.41) is 14.9. The molecule has 2 atom stereocenters. The number of halogens is 6. The highest BCUT2D eigenvalue weighted by atomic mass is 19.4. The van der Waals surface area contributed by atoms with Crippen LogP contribution in [0.5, 0.6) is 0 Å². The van der Waals surface area contributed by atoms with E-state index in [9.17, 15) is 31.4 Å². The number of hydrogen-bond acceptors (Lipinski definition) is 2. The van der Waals surface area contributed by atoms with E-state index >= 15 is 0 Å². The average Bonchev–Trinajstić information content (AvgIpc) is 2.67. The van der Waals surface area contributed by atoms with Gasteiger partial charge in [-0.05, 0) is 60.8 Å². The van der Waals surface area contributed by atoms with Crippen molar-refractivity contribution in [3.05, 3.63) is 70.8 Å². The number of alkyl halides is 6. The Hall–Kier alpha value is -2.06. The molecule has 0 aromatic heterocycles. The molecule has 0 aliphatic carbocycles. The van der Waals surface area contributed by atoms with E-state index in [-0.39, 0.29) is 23.0 Å². The first-order chi connectivity index (χ1) is 13.4. The molecule has 1 aliphatic heterocycles. The van der Waals surface area contributed by atoms with Gasteiger partial charge in [-0.3, -0.25) is 0 Å². The van der Waals surface area contributed by atoms with Crippen LogP contribution in [0.3, 0.4) is 0 Å². The molecule has 0 saturated carbocycles. The number of rotatable bonds is 3. The van der Waals surface area contributed by atoms with Gasteiger partial charge in [0.05, 0.1) is 11.1 Å². The lowest BCUT2D eigenvalue weighted by Crippen LogP contribution is -2.47. The summed E-state index contributed by atoms with van der Waals surface area (Å²) in [5.74, 6) is -0.421. The zero-order valence-electron chi connectivity index (χ0n) is 15.6. The van der Waals surface area contributed by atoms with Crippen LogP contribution in [-0.2, 0) is 18.0 Å². The zero-order chi connectivity index (χ0) is 21.4. The molecule has 1 fully saturated rings. The van der Waals surface area contributed by atoms with Gasteiger partial charge in [0.1, 0.15) is 5.60 Å². The van der Waals surface area contributed by atoms with Crippen LogP contribution in [0, 0.1) is 11.8 Å². The van der Waals surface area contributed by atoms with Gasteiger partial charge >= 0.3 is 12.4 Å². The van der Waals surface area contributed by atoms with Crippen molar-refractivity contribution in [1.82, 2.24) is 5.32 Å². The van der Waals surface area contributed by atoms with Crippen LogP contribution in [0.2, 0.25) is 0 Å². The summed E-state index contributed by atoms with van der Waals surface area (Å²) in [6.07, 6.45) is -8.51. The molecule has 158 valence electrons. The molecular weight excluding hydrogens is 396 g/mol. The molecule has 2 N–H and O–H groups in total. The van der Waals surface area contributed by atoms with Gasteiger partial charge in [-0.15, -0.1) is 0 Å². The fourth-order valence-corrected chi connectivity index (χ4v) is 4.06. The Kier molecular flexibility index (Phi) is 5.71. The van der Waals surface area contributed by atoms with E-state index in [2.05, 4.69) is 5.32 Å². The molecule has 1 aliphatic rings. The first-order valence-electron chi connectivity index (χ1n) is 9.22. The molecule has 0 unspecified atom stereocenters. The highest BCUT2D eigenvalue weighted by molar-refractivity contribution is 5.40. The standard InChI is InChI=1S/C21H21F6NO/c1-13-12-28-11-10-18(13)19(29,14-2-6-16(7-3-14)20(22,23)24)15-4-8-17(9-5-15)21(25,26)27/h2-9,13,18,28-29H,10-12H2,1H3/t13-,18-/m1/s1. The highest BCUT2D eigenvalue weighted by Crippen LogP contribution is 2.44. The molecule has 1 saturated heterocycles. The first-order valence-corrected chi connectivity index (χ1v) is 9.22. The highest BCUT2D eigenvalue weighted by Gasteiger charge is 2.44. The van der Waals surface area contributed by atoms with E-state index in [1.165, 1.54) is 24.3 Å². The molecule has 8 heteroatoms. The normalized spacial score (nSPS) is 21.2. The maximum atomic E-state index is 12.9. The summed E-state index contributed by atoms with van der Waals surface area (Å²) < 4.78 is 77.6. The number of nitrogens with one attached hydrogen (secondary N) is 1. The molecule has 2 nitrogen and oxygen atoms in total. The van der Waals surface area contributed by atoms with Crippen LogP contribution in [0.1, 0.15) is 35.6 Å². The van der Waals surface area contributed by atoms with Gasteiger partial charge in [0.25, 0.3) is 0 Å². The minimum atomic E-state index is -4.52. The molecule has 1 heterocycles. The van der Waals surface area contributed by atoms with Gasteiger partial charge in [-0.1, -0.05) is 31.2 Å². The summed E-state index contributed by atoms with van der Waals surface area (Å²) in [4.78, 5) is 0. The quantitative estimate of drug-likeness (QED) is 0.673. The first kappa shape index (κ1) is 21.6. The third kappa shape index (κ3) is 4.28. The van der Waals surface area contributed by atoms with E-state index in [4.69, 9.17) is 0 Å². The monoisotopic (exact) mass is 417 g/mol. The van der Waals surface area contributed by atoms with E-state index in [0.29, 0.717) is 19.5 Å². The molecule has 0 spiro atoms. The Morgan fingerprint density at radius 2 is 1.14 bits per heavy atom. The third-order valence-electron chi connectivity index (χ3n) is 5.63. The van der Waals surface area contributed by atoms with Crippen LogP contribution in [0.15, 0.2) is 48.5 Å². The van der Waals surface area contributed by atoms with Crippen LogP contribution < -0.4 is 5.32 Å². The van der Waals surface area contributed by atoms with Crippen molar-refractivity contribution in [3.8, 4) is 0 Å². The van der Waals surface area contributed by atoms with Crippen molar-refractivity contribution in [2.75, 3.05) is 13.1 Å². The number of piperidine rings is 1. The Morgan fingerprint density at radius 1 is 0.759 bits per heavy atom. The average molecular weight is 417 g/mol. The van der Waals surface area contributed by atoms with Crippen LogP contribution in [-0.4, -0.2) is 18.2 Å². The van der Waals surface area contributed by atoms with Crippen molar-refractivity contribution in [1.29, 1.82) is 0 Å². The smallest absolute Gasteiger partial charge is 0.380 e. The fraction of sp³-hybridized carbons (Fsp3) is 0.429. The van der Waals surface area contributed by atoms with Gasteiger partial charge in [-0.25, -0.2) is 0 Å². The number of aliphatic hydroxyl groups is 1. The second-order valence-electron chi connectivity index (χ2n) is 7.49. The largest absolute Gasteiger partial charge is 0.416 e. The van der Waals surface area contributed by atoms with Gasteiger partial charge in [0.2, 0.25) is 0 Å². The summed E-state index contributed by atoms with van der Waals surface area (Å²) in [5.41, 5.74) is -2.97. The maximum absolute atomic E-state index is 12.9. The summed E-state index contributed by atoms with van der Waals surface area (Å²) in [7, 11) is 0. The van der Waals surface area contributed by atoms with Gasteiger partial charge < -0.3 is 10.4 Å². The lowest BCUT2D eigenvalue weighted by atomic mass is 9.68. The van der Waals surface area contributed by atoms with E-state index < -0.39 is 29.1 Å². The Balaban J connectivity index is 2.09. The van der Waals surface area contributed by atoms with Crippen molar-refractivity contribution in [2.24, 2.45) is 11.8 Å². The second kappa shape index (κ2) is 7.65. The predicted molar refractivity (Wildman–Crippen MR) is 96.0 cm³/mol. The predicted octanol–water partition coefficient (Wildman–Crippen LogP) is 5.21. The van der Waals surface area contributed by atoms with Crippen LogP contribution in [0.4, 0.5) is 26.3 Å². The molecule has 2 aromatic rings. The summed E-state index contributed by atoms with van der Waals surface area (Å²) in [6, 6.07) is 8.35. The Morgan fingerprint density at radius 3 is 1.48 bits per heavy atom. The SMILES string of the molecule is C[C@@H]1CNCC[C@H]1C(O)(c1ccc(C(F)(F)F)cc1)c1ccc(C(F)(F)F)cc1. The molecule has 0 amide bonds. The molecule has 3 rings (SSSR count). The molecule has 29 heavy (non-hydrogen) atoms. The number of benzene rings is 2. The topological polar surface area (TPSA) is 32.3 Å². The van der Waals surface area contributed by atoms with Crippen molar-refractivity contribution in [3.63, 3.8) is 0 Å². The number of hydrogen-bond donors (Lipinski definition) is 2. The zero-order valence-corrected chi connectivity index (χ0v) is 15.6. The summed E-state index contributed by atoms with van der Waals surface area (Å²) in [6.45, 7) is 3.09. The fourth-order valence-electron chi connectivity index (χ4n) is 4.06. The molecule has 0 bridgehead atoms. The van der Waals surface area contributed by atoms with Gasteiger partial charge in [-0.2, -0.15) is 26.3 Å². The minimum Gasteiger partial charge on any atom is -0.380 e. The summed E-state index contributed by atoms with van der Waals surface area (Å²) >= 11 is 0. The third-order valence-corrected chi connectivity index (χ3v) is 5.63. The Bertz CT molecular complexity index is 769. The Labute approximate surface area is 164 Å². The van der Waals surface area contributed by atoms with Crippen LogP contribution >= 0.6 is 0 Å². The molecular formula is C21H21F6NO. The van der Waals surface area contributed by atoms with Crippen LogP contribution in [0.25, 0.3) is 0 Å². The van der Waals surface area contributed by atoms with Crippen molar-refractivity contribution in [2.45, 2.75) is 31.3 Å². The van der Waals surface area contributed by atoms with E-state index in [1.54, 1.807) is 0 Å². The second-order valence-corrected chi connectivity index (χ2v) is 7.49. The molecule has 2 aromatic carbocycles. The lowest BCUT2D eigenvalue weighted by Gasteiger charge is -2.43. The van der Waals surface area contributed by atoms with Crippen molar-refractivity contribution >= 4 is 0 Å².